The Balaban J connectivity index is 1.71. The largest absolute Gasteiger partial charge is 0.416 e. The number of benzene rings is 2. The quantitative estimate of drug-likeness (QED) is 0.234. The predicted molar refractivity (Wildman–Crippen MR) is 143 cm³/mol. The second kappa shape index (κ2) is 10.9. The molecule has 0 saturated carbocycles. The van der Waals surface area contributed by atoms with E-state index in [0.29, 0.717) is 35.1 Å². The van der Waals surface area contributed by atoms with Gasteiger partial charge in [0.25, 0.3) is 0 Å². The van der Waals surface area contributed by atoms with Gasteiger partial charge in [0.15, 0.2) is 5.82 Å². The van der Waals surface area contributed by atoms with E-state index in [0.717, 1.165) is 53.7 Å². The van der Waals surface area contributed by atoms with Crippen molar-refractivity contribution in [3.05, 3.63) is 84.3 Å². The first-order chi connectivity index (χ1) is 17.7. The van der Waals surface area contributed by atoms with Gasteiger partial charge in [-0.1, -0.05) is 44.5 Å². The standard InChI is InChI=1S/C28H29F3N6/c1-4-5-6-15-37(19(3)33-25-11-8-12-26-22(25)16-18(2)35-36-26)27-23(32)13-14-24(34-27)20-9-7-10-21(17-20)28(29,30)31/h7-14,16-17,33H,3-6,15,32H2,1-2H3. The van der Waals surface area contributed by atoms with Gasteiger partial charge in [-0.25, -0.2) is 4.98 Å². The molecule has 0 radical (unpaired) electrons. The van der Waals surface area contributed by atoms with Crippen LogP contribution in [0.25, 0.3) is 22.2 Å². The van der Waals surface area contributed by atoms with Gasteiger partial charge in [-0.05, 0) is 55.8 Å². The number of nitrogen functional groups attached to an aromatic ring is 1. The summed E-state index contributed by atoms with van der Waals surface area (Å²) in [6.45, 7) is 8.82. The SMILES string of the molecule is C=C(Nc1cccc2nnc(C)cc12)N(CCCCC)c1nc(-c2cccc(C(F)(F)F)c2)ccc1N. The summed E-state index contributed by atoms with van der Waals surface area (Å²) in [4.78, 5) is 6.57. The molecule has 0 aliphatic heterocycles. The van der Waals surface area contributed by atoms with E-state index in [1.54, 1.807) is 18.2 Å². The number of nitrogens with one attached hydrogen (secondary N) is 1. The number of alkyl halides is 3. The number of hydrogen-bond donors (Lipinski definition) is 2. The number of nitrogens with zero attached hydrogens (tertiary/aromatic N) is 4. The number of anilines is 3. The van der Waals surface area contributed by atoms with Crippen LogP contribution in [0, 0.1) is 6.92 Å². The van der Waals surface area contributed by atoms with Crippen LogP contribution >= 0.6 is 0 Å². The zero-order valence-electron chi connectivity index (χ0n) is 20.8. The van der Waals surface area contributed by atoms with Crippen LogP contribution in [0.5, 0.6) is 0 Å². The molecule has 2 heterocycles. The van der Waals surface area contributed by atoms with Gasteiger partial charge in [-0.15, -0.1) is 0 Å². The third-order valence-corrected chi connectivity index (χ3v) is 5.99. The molecule has 0 bridgehead atoms. The maximum Gasteiger partial charge on any atom is 0.416 e. The van der Waals surface area contributed by atoms with E-state index in [4.69, 9.17) is 10.7 Å². The molecule has 0 unspecified atom stereocenters. The molecular weight excluding hydrogens is 477 g/mol. The molecular formula is C28H29F3N6. The van der Waals surface area contributed by atoms with Crippen LogP contribution in [0.4, 0.5) is 30.4 Å². The lowest BCUT2D eigenvalue weighted by atomic mass is 10.1. The van der Waals surface area contributed by atoms with E-state index >= 15 is 0 Å². The zero-order valence-corrected chi connectivity index (χ0v) is 20.8. The van der Waals surface area contributed by atoms with Gasteiger partial charge < -0.3 is 16.0 Å². The molecule has 6 nitrogen and oxygen atoms in total. The Hall–Kier alpha value is -4.14. The molecule has 4 rings (SSSR count). The minimum Gasteiger partial charge on any atom is -0.396 e. The lowest BCUT2D eigenvalue weighted by molar-refractivity contribution is -0.137. The second-order valence-electron chi connectivity index (χ2n) is 8.84. The highest BCUT2D eigenvalue weighted by Gasteiger charge is 2.30. The third-order valence-electron chi connectivity index (χ3n) is 5.99. The fourth-order valence-electron chi connectivity index (χ4n) is 4.07. The van der Waals surface area contributed by atoms with Crippen molar-refractivity contribution in [1.82, 2.24) is 15.2 Å². The summed E-state index contributed by atoms with van der Waals surface area (Å²) >= 11 is 0. The van der Waals surface area contributed by atoms with E-state index in [-0.39, 0.29) is 0 Å². The van der Waals surface area contributed by atoms with Crippen molar-refractivity contribution in [2.24, 2.45) is 0 Å². The zero-order chi connectivity index (χ0) is 26.6. The van der Waals surface area contributed by atoms with Crippen molar-refractivity contribution in [2.45, 2.75) is 39.3 Å². The minimum atomic E-state index is -4.45. The lowest BCUT2D eigenvalue weighted by Gasteiger charge is -2.28. The summed E-state index contributed by atoms with van der Waals surface area (Å²) < 4.78 is 39.9. The fraction of sp³-hybridized carbons (Fsp3) is 0.250. The number of pyridine rings is 1. The maximum atomic E-state index is 13.3. The second-order valence-corrected chi connectivity index (χ2v) is 8.84. The van der Waals surface area contributed by atoms with Crippen molar-refractivity contribution >= 4 is 28.1 Å². The number of fused-ring (bicyclic) bond motifs is 1. The highest BCUT2D eigenvalue weighted by atomic mass is 19.4. The van der Waals surface area contributed by atoms with Gasteiger partial charge in [-0.3, -0.25) is 0 Å². The molecule has 2 aromatic heterocycles. The number of aryl methyl sites for hydroxylation is 1. The first-order valence-corrected chi connectivity index (χ1v) is 12.1. The number of halogens is 3. The maximum absolute atomic E-state index is 13.3. The average molecular weight is 507 g/mol. The van der Waals surface area contributed by atoms with Crippen LogP contribution < -0.4 is 16.0 Å². The normalized spacial score (nSPS) is 11.5. The van der Waals surface area contributed by atoms with Crippen LogP contribution in [-0.4, -0.2) is 21.7 Å². The van der Waals surface area contributed by atoms with E-state index in [2.05, 4.69) is 29.0 Å². The number of nitrogens with two attached hydrogens (primary N) is 1. The third kappa shape index (κ3) is 5.99. The Morgan fingerprint density at radius 3 is 2.57 bits per heavy atom. The van der Waals surface area contributed by atoms with Crippen molar-refractivity contribution < 1.29 is 13.2 Å². The Morgan fingerprint density at radius 2 is 1.81 bits per heavy atom. The summed E-state index contributed by atoms with van der Waals surface area (Å²) in [5.41, 5.74) is 9.08. The van der Waals surface area contributed by atoms with Crippen LogP contribution in [0.15, 0.2) is 73.1 Å². The monoisotopic (exact) mass is 506 g/mol. The number of aromatic nitrogens is 3. The van der Waals surface area contributed by atoms with Crippen molar-refractivity contribution in [1.29, 1.82) is 0 Å². The summed E-state index contributed by atoms with van der Waals surface area (Å²) in [7, 11) is 0. The molecule has 2 aromatic carbocycles. The fourth-order valence-corrected chi connectivity index (χ4v) is 4.07. The molecule has 192 valence electrons. The van der Waals surface area contributed by atoms with Crippen LogP contribution in [0.2, 0.25) is 0 Å². The molecule has 9 heteroatoms. The highest BCUT2D eigenvalue weighted by molar-refractivity contribution is 5.92. The minimum absolute atomic E-state index is 0.353. The van der Waals surface area contributed by atoms with Gasteiger partial charge >= 0.3 is 6.18 Å². The topological polar surface area (TPSA) is 80.0 Å². The summed E-state index contributed by atoms with van der Waals surface area (Å²) in [5.74, 6) is 0.971. The molecule has 0 aliphatic rings. The van der Waals surface area contributed by atoms with Crippen LogP contribution in [0.1, 0.15) is 37.4 Å². The van der Waals surface area contributed by atoms with Gasteiger partial charge in [0.1, 0.15) is 5.82 Å². The summed E-state index contributed by atoms with van der Waals surface area (Å²) in [6.07, 6.45) is -1.59. The molecule has 4 aromatic rings. The van der Waals surface area contributed by atoms with Crippen LogP contribution in [-0.2, 0) is 6.18 Å². The molecule has 0 atom stereocenters. The molecule has 0 fully saturated rings. The van der Waals surface area contributed by atoms with Crippen molar-refractivity contribution in [3.8, 4) is 11.3 Å². The number of hydrogen-bond acceptors (Lipinski definition) is 6. The number of rotatable bonds is 9. The molecule has 0 aliphatic carbocycles. The van der Waals surface area contributed by atoms with Crippen molar-refractivity contribution in [3.63, 3.8) is 0 Å². The van der Waals surface area contributed by atoms with E-state index in [1.165, 1.54) is 6.07 Å². The Morgan fingerprint density at radius 1 is 1.03 bits per heavy atom. The smallest absolute Gasteiger partial charge is 0.396 e. The first kappa shape index (κ1) is 25.9. The van der Waals surface area contributed by atoms with E-state index in [1.807, 2.05) is 36.1 Å². The average Bonchev–Trinajstić information content (AvgIpc) is 2.87. The van der Waals surface area contributed by atoms with E-state index < -0.39 is 11.7 Å². The first-order valence-electron chi connectivity index (χ1n) is 12.1. The molecule has 0 amide bonds. The van der Waals surface area contributed by atoms with E-state index in [9.17, 15) is 13.2 Å². The Kier molecular flexibility index (Phi) is 7.61. The Labute approximate surface area is 214 Å². The van der Waals surface area contributed by atoms with Gasteiger partial charge in [0.05, 0.1) is 28.2 Å². The van der Waals surface area contributed by atoms with Crippen LogP contribution in [0.3, 0.4) is 0 Å². The molecule has 3 N–H and O–H groups in total. The lowest BCUT2D eigenvalue weighted by Crippen LogP contribution is -2.29. The highest BCUT2D eigenvalue weighted by Crippen LogP contribution is 2.34. The Bertz CT molecular complexity index is 1420. The molecule has 0 spiro atoms. The summed E-state index contributed by atoms with van der Waals surface area (Å²) in [6, 6.07) is 16.0. The van der Waals surface area contributed by atoms with Crippen molar-refractivity contribution in [2.75, 3.05) is 22.5 Å². The molecule has 37 heavy (non-hydrogen) atoms. The summed E-state index contributed by atoms with van der Waals surface area (Å²) in [5, 5.41) is 12.6. The van der Waals surface area contributed by atoms with Gasteiger partial charge in [0.2, 0.25) is 0 Å². The van der Waals surface area contributed by atoms with Gasteiger partial charge in [-0.2, -0.15) is 23.4 Å². The molecule has 0 saturated heterocycles. The number of unbranched alkanes of at least 4 members (excludes halogenated alkanes) is 2. The van der Waals surface area contributed by atoms with Gasteiger partial charge in [0, 0.05) is 23.2 Å². The predicted octanol–water partition coefficient (Wildman–Crippen LogP) is 7.18.